The van der Waals surface area contributed by atoms with Crippen LogP contribution < -0.4 is 5.73 Å². The number of aromatic nitrogens is 2. The molecule has 11 heavy (non-hydrogen) atoms. The predicted octanol–water partition coefficient (Wildman–Crippen LogP) is 1.53. The lowest BCUT2D eigenvalue weighted by Crippen LogP contribution is -2.00. The standard InChI is InChI=1S/C7H10ClN3/c1-6-5-7(9)10-11(6)4-2-3-8/h2-3,5H,4H2,1H3,(H2,9,10)/b3-2+. The van der Waals surface area contributed by atoms with Crippen molar-refractivity contribution in [2.24, 2.45) is 0 Å². The van der Waals surface area contributed by atoms with Crippen molar-refractivity contribution in [3.63, 3.8) is 0 Å². The molecular formula is C7H10ClN3. The Balaban J connectivity index is 2.77. The molecule has 0 amide bonds. The quantitative estimate of drug-likeness (QED) is 0.734. The number of halogens is 1. The topological polar surface area (TPSA) is 43.8 Å². The molecule has 0 aliphatic heterocycles. The third-order valence-electron chi connectivity index (χ3n) is 1.37. The van der Waals surface area contributed by atoms with Crippen LogP contribution in [-0.2, 0) is 6.54 Å². The van der Waals surface area contributed by atoms with Gasteiger partial charge in [-0.3, -0.25) is 4.68 Å². The Morgan fingerprint density at radius 3 is 3.00 bits per heavy atom. The highest BCUT2D eigenvalue weighted by atomic mass is 35.5. The lowest BCUT2D eigenvalue weighted by Gasteiger charge is -1.96. The first kappa shape index (κ1) is 8.14. The van der Waals surface area contributed by atoms with Crippen LogP contribution in [0.25, 0.3) is 0 Å². The first-order valence-corrected chi connectivity index (χ1v) is 3.73. The van der Waals surface area contributed by atoms with Crippen LogP contribution in [0.1, 0.15) is 5.69 Å². The van der Waals surface area contributed by atoms with Crippen molar-refractivity contribution in [3.05, 3.63) is 23.4 Å². The molecule has 3 nitrogen and oxygen atoms in total. The monoisotopic (exact) mass is 171 g/mol. The SMILES string of the molecule is Cc1cc(N)nn1C/C=C/Cl. The van der Waals surface area contributed by atoms with E-state index in [9.17, 15) is 0 Å². The van der Waals surface area contributed by atoms with E-state index in [2.05, 4.69) is 5.10 Å². The number of allylic oxidation sites excluding steroid dienone is 1. The normalized spacial score (nSPS) is 11.1. The summed E-state index contributed by atoms with van der Waals surface area (Å²) in [6, 6.07) is 1.82. The van der Waals surface area contributed by atoms with Crippen LogP contribution in [0.5, 0.6) is 0 Å². The molecule has 0 atom stereocenters. The molecule has 0 spiro atoms. The van der Waals surface area contributed by atoms with Crippen molar-refractivity contribution >= 4 is 17.4 Å². The van der Waals surface area contributed by atoms with Gasteiger partial charge in [-0.05, 0) is 6.92 Å². The van der Waals surface area contributed by atoms with E-state index in [1.807, 2.05) is 13.0 Å². The molecule has 0 unspecified atom stereocenters. The highest BCUT2D eigenvalue weighted by molar-refractivity contribution is 6.25. The summed E-state index contributed by atoms with van der Waals surface area (Å²) < 4.78 is 1.79. The van der Waals surface area contributed by atoms with Crippen molar-refractivity contribution in [3.8, 4) is 0 Å². The number of rotatable bonds is 2. The number of nitrogens with zero attached hydrogens (tertiary/aromatic N) is 2. The number of hydrogen-bond acceptors (Lipinski definition) is 2. The van der Waals surface area contributed by atoms with Gasteiger partial charge in [-0.1, -0.05) is 17.7 Å². The lowest BCUT2D eigenvalue weighted by atomic mass is 10.4. The van der Waals surface area contributed by atoms with Crippen molar-refractivity contribution in [1.82, 2.24) is 9.78 Å². The van der Waals surface area contributed by atoms with Crippen LogP contribution in [0.15, 0.2) is 17.7 Å². The van der Waals surface area contributed by atoms with Gasteiger partial charge in [0.2, 0.25) is 0 Å². The van der Waals surface area contributed by atoms with E-state index in [4.69, 9.17) is 17.3 Å². The molecule has 2 N–H and O–H groups in total. The average Bonchev–Trinajstić information content (AvgIpc) is 2.26. The van der Waals surface area contributed by atoms with Crippen molar-refractivity contribution in [2.75, 3.05) is 5.73 Å². The van der Waals surface area contributed by atoms with Gasteiger partial charge in [-0.2, -0.15) is 5.10 Å². The van der Waals surface area contributed by atoms with E-state index in [1.54, 1.807) is 10.8 Å². The minimum absolute atomic E-state index is 0.547. The molecule has 0 aliphatic carbocycles. The Hall–Kier alpha value is -0.960. The largest absolute Gasteiger partial charge is 0.382 e. The van der Waals surface area contributed by atoms with Crippen molar-refractivity contribution < 1.29 is 0 Å². The van der Waals surface area contributed by atoms with E-state index in [0.717, 1.165) is 5.69 Å². The summed E-state index contributed by atoms with van der Waals surface area (Å²) in [6.45, 7) is 2.62. The number of nitrogens with two attached hydrogens (primary N) is 1. The van der Waals surface area contributed by atoms with Gasteiger partial charge in [0.1, 0.15) is 5.82 Å². The number of hydrogen-bond donors (Lipinski definition) is 1. The maximum atomic E-state index is 5.46. The van der Waals surface area contributed by atoms with Gasteiger partial charge in [0.25, 0.3) is 0 Å². The zero-order valence-electron chi connectivity index (χ0n) is 6.29. The molecule has 0 aliphatic rings. The number of aryl methyl sites for hydroxylation is 1. The zero-order valence-corrected chi connectivity index (χ0v) is 7.04. The molecule has 1 aromatic heterocycles. The van der Waals surface area contributed by atoms with Crippen molar-refractivity contribution in [2.45, 2.75) is 13.5 Å². The summed E-state index contributed by atoms with van der Waals surface area (Å²) in [6.07, 6.45) is 1.81. The Bertz CT molecular complexity index is 265. The minimum Gasteiger partial charge on any atom is -0.382 e. The highest BCUT2D eigenvalue weighted by Crippen LogP contribution is 2.03. The fraction of sp³-hybridized carbons (Fsp3) is 0.286. The van der Waals surface area contributed by atoms with Crippen LogP contribution in [0.4, 0.5) is 5.82 Å². The fourth-order valence-electron chi connectivity index (χ4n) is 0.860. The minimum atomic E-state index is 0.547. The average molecular weight is 172 g/mol. The van der Waals surface area contributed by atoms with Gasteiger partial charge in [0, 0.05) is 17.3 Å². The molecule has 0 bridgehead atoms. The van der Waals surface area contributed by atoms with Gasteiger partial charge in [-0.15, -0.1) is 0 Å². The molecular weight excluding hydrogens is 162 g/mol. The summed E-state index contributed by atoms with van der Waals surface area (Å²) in [4.78, 5) is 0. The van der Waals surface area contributed by atoms with Crippen LogP contribution >= 0.6 is 11.6 Å². The fourth-order valence-corrected chi connectivity index (χ4v) is 0.940. The molecule has 0 fully saturated rings. The molecule has 1 aromatic rings. The summed E-state index contributed by atoms with van der Waals surface area (Å²) in [7, 11) is 0. The molecule has 0 aromatic carbocycles. The maximum absolute atomic E-state index is 5.46. The zero-order chi connectivity index (χ0) is 8.27. The molecule has 0 radical (unpaired) electrons. The van der Waals surface area contributed by atoms with Crippen LogP contribution in [-0.4, -0.2) is 9.78 Å². The highest BCUT2D eigenvalue weighted by Gasteiger charge is 1.97. The molecule has 0 saturated heterocycles. The molecule has 4 heteroatoms. The Morgan fingerprint density at radius 2 is 2.55 bits per heavy atom. The van der Waals surface area contributed by atoms with Crippen LogP contribution in [0.2, 0.25) is 0 Å². The summed E-state index contributed by atoms with van der Waals surface area (Å²) in [5.74, 6) is 0.547. The Morgan fingerprint density at radius 1 is 1.82 bits per heavy atom. The van der Waals surface area contributed by atoms with Gasteiger partial charge in [-0.25, -0.2) is 0 Å². The molecule has 60 valence electrons. The van der Waals surface area contributed by atoms with E-state index in [-0.39, 0.29) is 0 Å². The first-order valence-electron chi connectivity index (χ1n) is 3.29. The maximum Gasteiger partial charge on any atom is 0.145 e. The van der Waals surface area contributed by atoms with E-state index < -0.39 is 0 Å². The second-order valence-electron chi connectivity index (χ2n) is 2.25. The third kappa shape index (κ3) is 1.98. The first-order chi connectivity index (χ1) is 5.24. The number of nitrogen functional groups attached to an aromatic ring is 1. The van der Waals surface area contributed by atoms with E-state index in [0.29, 0.717) is 12.4 Å². The van der Waals surface area contributed by atoms with Crippen LogP contribution in [0, 0.1) is 6.92 Å². The second-order valence-corrected chi connectivity index (χ2v) is 2.51. The number of anilines is 1. The molecule has 1 heterocycles. The summed E-state index contributed by atoms with van der Waals surface area (Å²) in [5, 5.41) is 4.03. The smallest absolute Gasteiger partial charge is 0.145 e. The van der Waals surface area contributed by atoms with Gasteiger partial charge in [0.05, 0.1) is 6.54 Å². The summed E-state index contributed by atoms with van der Waals surface area (Å²) >= 11 is 5.36. The predicted molar refractivity (Wildman–Crippen MR) is 46.4 cm³/mol. The summed E-state index contributed by atoms with van der Waals surface area (Å²) in [5.41, 5.74) is 7.97. The molecule has 1 rings (SSSR count). The Labute approximate surface area is 70.5 Å². The van der Waals surface area contributed by atoms with Gasteiger partial charge < -0.3 is 5.73 Å². The van der Waals surface area contributed by atoms with E-state index >= 15 is 0 Å². The van der Waals surface area contributed by atoms with Crippen LogP contribution in [0.3, 0.4) is 0 Å². The molecule has 0 saturated carbocycles. The van der Waals surface area contributed by atoms with Gasteiger partial charge >= 0.3 is 0 Å². The van der Waals surface area contributed by atoms with Crippen molar-refractivity contribution in [1.29, 1.82) is 0 Å². The van der Waals surface area contributed by atoms with Gasteiger partial charge in [0.15, 0.2) is 0 Å². The van der Waals surface area contributed by atoms with E-state index in [1.165, 1.54) is 5.54 Å². The third-order valence-corrected chi connectivity index (χ3v) is 1.55. The Kier molecular flexibility index (Phi) is 2.54. The lowest BCUT2D eigenvalue weighted by molar-refractivity contribution is 0.682. The second kappa shape index (κ2) is 3.44.